The molecule has 2 N–H and O–H groups in total. The lowest BCUT2D eigenvalue weighted by Gasteiger charge is -2.29. The Kier molecular flexibility index (Phi) is 3.78. The summed E-state index contributed by atoms with van der Waals surface area (Å²) in [5.41, 5.74) is 0.495. The first-order valence-corrected chi connectivity index (χ1v) is 6.13. The zero-order chi connectivity index (χ0) is 12.3. The van der Waals surface area contributed by atoms with Gasteiger partial charge >= 0.3 is 0 Å². The topological polar surface area (TPSA) is 58.9 Å². The number of nitrogens with zero attached hydrogens (tertiary/aromatic N) is 2. The molecule has 0 bridgehead atoms. The van der Waals surface area contributed by atoms with Crippen LogP contribution in [0.15, 0.2) is 12.5 Å². The normalized spacial score (nSPS) is 24.6. The lowest BCUT2D eigenvalue weighted by Crippen LogP contribution is -2.41. The Morgan fingerprint density at radius 1 is 1.71 bits per heavy atom. The third kappa shape index (κ3) is 3.06. The summed E-state index contributed by atoms with van der Waals surface area (Å²) in [6, 6.07) is 0. The summed E-state index contributed by atoms with van der Waals surface area (Å²) in [5, 5.41) is 6.33. The van der Waals surface area contributed by atoms with E-state index in [1.54, 1.807) is 17.1 Å². The molecule has 0 saturated carbocycles. The van der Waals surface area contributed by atoms with Crippen molar-refractivity contribution in [1.29, 1.82) is 0 Å². The molecule has 1 aliphatic heterocycles. The van der Waals surface area contributed by atoms with Crippen LogP contribution in [0.2, 0.25) is 0 Å². The molecule has 1 aromatic rings. The van der Waals surface area contributed by atoms with E-state index in [1.807, 2.05) is 7.05 Å². The SMILES string of the molecule is CC1CNCCC1CNC(=O)c1cn(C)cn1. The standard InChI is InChI=1S/C12H20N4O/c1-9-5-13-4-3-10(9)6-14-12(17)11-7-16(2)8-15-11/h7-10,13H,3-6H2,1-2H3,(H,14,17). The molecule has 1 aromatic heterocycles. The van der Waals surface area contributed by atoms with Gasteiger partial charge in [-0.1, -0.05) is 6.92 Å². The van der Waals surface area contributed by atoms with Gasteiger partial charge in [-0.25, -0.2) is 4.98 Å². The first-order chi connectivity index (χ1) is 8.16. The van der Waals surface area contributed by atoms with E-state index in [-0.39, 0.29) is 5.91 Å². The summed E-state index contributed by atoms with van der Waals surface area (Å²) in [6.07, 6.45) is 4.51. The minimum absolute atomic E-state index is 0.0728. The number of piperidine rings is 1. The highest BCUT2D eigenvalue weighted by molar-refractivity contribution is 5.91. The van der Waals surface area contributed by atoms with Gasteiger partial charge in [0.25, 0.3) is 5.91 Å². The molecule has 2 unspecified atom stereocenters. The Morgan fingerprint density at radius 3 is 3.18 bits per heavy atom. The molecule has 1 saturated heterocycles. The molecule has 0 radical (unpaired) electrons. The fraction of sp³-hybridized carbons (Fsp3) is 0.667. The van der Waals surface area contributed by atoms with Gasteiger partial charge in [0.15, 0.2) is 0 Å². The van der Waals surface area contributed by atoms with Crippen LogP contribution in [0.25, 0.3) is 0 Å². The van der Waals surface area contributed by atoms with Crippen molar-refractivity contribution in [1.82, 2.24) is 20.2 Å². The van der Waals surface area contributed by atoms with Crippen LogP contribution in [0.1, 0.15) is 23.8 Å². The van der Waals surface area contributed by atoms with Crippen molar-refractivity contribution in [2.75, 3.05) is 19.6 Å². The molecule has 0 aliphatic carbocycles. The summed E-state index contributed by atoms with van der Waals surface area (Å²) in [6.45, 7) is 5.07. The molecular formula is C12H20N4O. The summed E-state index contributed by atoms with van der Waals surface area (Å²) in [5.74, 6) is 1.12. The van der Waals surface area contributed by atoms with Crippen LogP contribution in [0, 0.1) is 11.8 Å². The van der Waals surface area contributed by atoms with Crippen LogP contribution < -0.4 is 10.6 Å². The molecule has 1 amide bonds. The molecule has 2 heterocycles. The van der Waals surface area contributed by atoms with Gasteiger partial charge in [-0.2, -0.15) is 0 Å². The van der Waals surface area contributed by atoms with E-state index in [4.69, 9.17) is 0 Å². The smallest absolute Gasteiger partial charge is 0.271 e. The maximum atomic E-state index is 11.8. The highest BCUT2D eigenvalue weighted by Gasteiger charge is 2.21. The number of rotatable bonds is 3. The number of carbonyl (C=O) groups is 1. The van der Waals surface area contributed by atoms with Crippen LogP contribution in [0.4, 0.5) is 0 Å². The van der Waals surface area contributed by atoms with Gasteiger partial charge in [0, 0.05) is 19.8 Å². The number of nitrogens with one attached hydrogen (secondary N) is 2. The van der Waals surface area contributed by atoms with Gasteiger partial charge in [-0.3, -0.25) is 4.79 Å². The highest BCUT2D eigenvalue weighted by Crippen LogP contribution is 2.17. The molecule has 0 spiro atoms. The predicted octanol–water partition coefficient (Wildman–Crippen LogP) is 0.396. The number of hydrogen-bond acceptors (Lipinski definition) is 3. The fourth-order valence-electron chi connectivity index (χ4n) is 2.22. The zero-order valence-electron chi connectivity index (χ0n) is 10.4. The molecule has 2 atom stereocenters. The van der Waals surface area contributed by atoms with Crippen LogP contribution in [-0.2, 0) is 7.05 Å². The highest BCUT2D eigenvalue weighted by atomic mass is 16.1. The Bertz CT molecular complexity index is 388. The first-order valence-electron chi connectivity index (χ1n) is 6.13. The van der Waals surface area contributed by atoms with E-state index in [2.05, 4.69) is 22.5 Å². The Labute approximate surface area is 102 Å². The summed E-state index contributed by atoms with van der Waals surface area (Å²) in [7, 11) is 1.86. The third-order valence-electron chi connectivity index (χ3n) is 3.43. The number of amides is 1. The van der Waals surface area contributed by atoms with Gasteiger partial charge < -0.3 is 15.2 Å². The molecule has 94 valence electrons. The zero-order valence-corrected chi connectivity index (χ0v) is 10.4. The maximum absolute atomic E-state index is 11.8. The average Bonchev–Trinajstić information content (AvgIpc) is 2.74. The minimum atomic E-state index is -0.0728. The molecule has 2 rings (SSSR count). The molecule has 1 fully saturated rings. The van der Waals surface area contributed by atoms with Crippen LogP contribution in [0.3, 0.4) is 0 Å². The molecule has 17 heavy (non-hydrogen) atoms. The molecule has 0 aromatic carbocycles. The van der Waals surface area contributed by atoms with Gasteiger partial charge in [-0.15, -0.1) is 0 Å². The monoisotopic (exact) mass is 236 g/mol. The quantitative estimate of drug-likeness (QED) is 0.798. The largest absolute Gasteiger partial charge is 0.350 e. The molecule has 5 nitrogen and oxygen atoms in total. The summed E-state index contributed by atoms with van der Waals surface area (Å²) >= 11 is 0. The Balaban J connectivity index is 1.83. The van der Waals surface area contributed by atoms with Crippen molar-refractivity contribution >= 4 is 5.91 Å². The van der Waals surface area contributed by atoms with E-state index in [9.17, 15) is 4.79 Å². The second-order valence-corrected chi connectivity index (χ2v) is 4.86. The van der Waals surface area contributed by atoms with E-state index >= 15 is 0 Å². The Morgan fingerprint density at radius 2 is 2.53 bits per heavy atom. The van der Waals surface area contributed by atoms with Crippen molar-refractivity contribution in [2.45, 2.75) is 13.3 Å². The van der Waals surface area contributed by atoms with Gasteiger partial charge in [-0.05, 0) is 31.3 Å². The molecule has 5 heteroatoms. The van der Waals surface area contributed by atoms with Crippen molar-refractivity contribution in [3.05, 3.63) is 18.2 Å². The minimum Gasteiger partial charge on any atom is -0.350 e. The van der Waals surface area contributed by atoms with Crippen LogP contribution >= 0.6 is 0 Å². The van der Waals surface area contributed by atoms with E-state index in [1.165, 1.54) is 0 Å². The number of hydrogen-bond donors (Lipinski definition) is 2. The lowest BCUT2D eigenvalue weighted by atomic mass is 9.88. The van der Waals surface area contributed by atoms with Crippen molar-refractivity contribution in [3.63, 3.8) is 0 Å². The van der Waals surface area contributed by atoms with Crippen molar-refractivity contribution in [2.24, 2.45) is 18.9 Å². The number of carbonyl (C=O) groups excluding carboxylic acids is 1. The third-order valence-corrected chi connectivity index (χ3v) is 3.43. The van der Waals surface area contributed by atoms with Gasteiger partial charge in [0.05, 0.1) is 6.33 Å². The van der Waals surface area contributed by atoms with Gasteiger partial charge in [0.1, 0.15) is 5.69 Å². The van der Waals surface area contributed by atoms with Crippen LogP contribution in [-0.4, -0.2) is 35.1 Å². The number of aryl methyl sites for hydroxylation is 1. The van der Waals surface area contributed by atoms with Crippen molar-refractivity contribution in [3.8, 4) is 0 Å². The van der Waals surface area contributed by atoms with Gasteiger partial charge in [0.2, 0.25) is 0 Å². The molecular weight excluding hydrogens is 216 g/mol. The van der Waals surface area contributed by atoms with E-state index in [0.29, 0.717) is 17.5 Å². The summed E-state index contributed by atoms with van der Waals surface area (Å²) in [4.78, 5) is 15.8. The first kappa shape index (κ1) is 12.1. The molecule has 1 aliphatic rings. The number of aromatic nitrogens is 2. The fourth-order valence-corrected chi connectivity index (χ4v) is 2.22. The number of imidazole rings is 1. The second-order valence-electron chi connectivity index (χ2n) is 4.86. The maximum Gasteiger partial charge on any atom is 0.271 e. The lowest BCUT2D eigenvalue weighted by molar-refractivity contribution is 0.0933. The Hall–Kier alpha value is -1.36. The van der Waals surface area contributed by atoms with Crippen molar-refractivity contribution < 1.29 is 4.79 Å². The predicted molar refractivity (Wildman–Crippen MR) is 65.7 cm³/mol. The summed E-state index contributed by atoms with van der Waals surface area (Å²) < 4.78 is 1.78. The second kappa shape index (κ2) is 5.31. The van der Waals surface area contributed by atoms with E-state index < -0.39 is 0 Å². The van der Waals surface area contributed by atoms with Crippen LogP contribution in [0.5, 0.6) is 0 Å². The average molecular weight is 236 g/mol. The van der Waals surface area contributed by atoms with E-state index in [0.717, 1.165) is 26.1 Å².